The highest BCUT2D eigenvalue weighted by Crippen LogP contribution is 2.32. The number of hydrogen-bond donors (Lipinski definition) is 2. The van der Waals surface area contributed by atoms with Gasteiger partial charge >= 0.3 is 0 Å². The number of carbonyl (C=O) groups excluding carboxylic acids is 1. The van der Waals surface area contributed by atoms with Crippen LogP contribution in [0.1, 0.15) is 30.9 Å². The molecule has 0 fully saturated rings. The van der Waals surface area contributed by atoms with Crippen molar-refractivity contribution >= 4 is 38.6 Å². The van der Waals surface area contributed by atoms with Crippen LogP contribution in [0.2, 0.25) is 0 Å². The molecular formula is C25H23BrN2O4. The maximum atomic E-state index is 12.5. The zero-order chi connectivity index (χ0) is 22.8. The fourth-order valence-corrected chi connectivity index (χ4v) is 3.73. The molecule has 0 bridgehead atoms. The second kappa shape index (κ2) is 9.04. The van der Waals surface area contributed by atoms with E-state index in [1.165, 1.54) is 0 Å². The number of nitrogens with one attached hydrogen (secondary N) is 1. The van der Waals surface area contributed by atoms with Crippen LogP contribution in [0.3, 0.4) is 0 Å². The number of fused-ring (bicyclic) bond motifs is 1. The lowest BCUT2D eigenvalue weighted by Gasteiger charge is -2.14. The summed E-state index contributed by atoms with van der Waals surface area (Å²) in [5, 5.41) is 12.5. The second-order valence-corrected chi connectivity index (χ2v) is 8.75. The average molecular weight is 495 g/mol. The van der Waals surface area contributed by atoms with E-state index >= 15 is 0 Å². The normalized spacial score (nSPS) is 11.2. The second-order valence-electron chi connectivity index (χ2n) is 7.90. The number of aryl methyl sites for hydroxylation is 1. The largest absolute Gasteiger partial charge is 0.507 e. The van der Waals surface area contributed by atoms with Crippen molar-refractivity contribution in [1.29, 1.82) is 0 Å². The van der Waals surface area contributed by atoms with E-state index < -0.39 is 0 Å². The van der Waals surface area contributed by atoms with Crippen molar-refractivity contribution in [3.8, 4) is 23.0 Å². The first kappa shape index (κ1) is 21.9. The summed E-state index contributed by atoms with van der Waals surface area (Å²) in [5.74, 6) is 1.33. The molecule has 4 rings (SSSR count). The minimum atomic E-state index is -0.258. The fourth-order valence-electron chi connectivity index (χ4n) is 3.35. The number of aromatic nitrogens is 1. The number of anilines is 1. The lowest BCUT2D eigenvalue weighted by Crippen LogP contribution is -2.20. The van der Waals surface area contributed by atoms with E-state index in [1.807, 2.05) is 25.1 Å². The lowest BCUT2D eigenvalue weighted by molar-refractivity contribution is -0.118. The zero-order valence-corrected chi connectivity index (χ0v) is 19.6. The molecule has 1 amide bonds. The molecule has 0 spiro atoms. The van der Waals surface area contributed by atoms with Gasteiger partial charge in [-0.25, -0.2) is 4.98 Å². The van der Waals surface area contributed by atoms with Crippen molar-refractivity contribution in [2.75, 3.05) is 11.9 Å². The van der Waals surface area contributed by atoms with E-state index in [2.05, 4.69) is 40.1 Å². The van der Waals surface area contributed by atoms with Crippen LogP contribution in [-0.2, 0) is 4.79 Å². The van der Waals surface area contributed by atoms with Crippen LogP contribution in [0.15, 0.2) is 63.5 Å². The third kappa shape index (κ3) is 4.78. The molecule has 0 saturated carbocycles. The highest BCUT2D eigenvalue weighted by Gasteiger charge is 2.13. The summed E-state index contributed by atoms with van der Waals surface area (Å²) in [5.41, 5.74) is 4.69. The first-order valence-electron chi connectivity index (χ1n) is 10.2. The number of phenols is 1. The minimum absolute atomic E-state index is 0.0905. The van der Waals surface area contributed by atoms with Crippen LogP contribution in [0.4, 0.5) is 5.69 Å². The summed E-state index contributed by atoms with van der Waals surface area (Å²) in [4.78, 5) is 17.0. The molecule has 32 heavy (non-hydrogen) atoms. The molecule has 0 aliphatic rings. The molecule has 1 heterocycles. The molecule has 0 radical (unpaired) electrons. The molecule has 164 valence electrons. The predicted molar refractivity (Wildman–Crippen MR) is 128 cm³/mol. The van der Waals surface area contributed by atoms with Gasteiger partial charge in [0, 0.05) is 11.3 Å². The average Bonchev–Trinajstić information content (AvgIpc) is 3.17. The number of benzene rings is 3. The van der Waals surface area contributed by atoms with Gasteiger partial charge in [0.25, 0.3) is 5.91 Å². The molecule has 4 aromatic rings. The Labute approximate surface area is 194 Å². The maximum absolute atomic E-state index is 12.5. The molecule has 0 unspecified atom stereocenters. The smallest absolute Gasteiger partial charge is 0.262 e. The maximum Gasteiger partial charge on any atom is 0.262 e. The molecule has 0 aliphatic heterocycles. The Morgan fingerprint density at radius 3 is 2.72 bits per heavy atom. The SMILES string of the molecule is Cc1ccc(C(C)C)c(OCC(=O)Nc2ccc3oc(-c4ccc(O)c(Br)c4)nc3c2)c1. The number of rotatable bonds is 6. The first-order valence-corrected chi connectivity index (χ1v) is 11.0. The van der Waals surface area contributed by atoms with Crippen LogP contribution in [-0.4, -0.2) is 22.6 Å². The summed E-state index contributed by atoms with van der Waals surface area (Å²) >= 11 is 3.29. The van der Waals surface area contributed by atoms with E-state index in [-0.39, 0.29) is 18.3 Å². The summed E-state index contributed by atoms with van der Waals surface area (Å²) in [7, 11) is 0. The quantitative estimate of drug-likeness (QED) is 0.323. The van der Waals surface area contributed by atoms with Crippen LogP contribution in [0.25, 0.3) is 22.6 Å². The third-order valence-electron chi connectivity index (χ3n) is 5.02. The van der Waals surface area contributed by atoms with Gasteiger partial charge in [-0.2, -0.15) is 0 Å². The Kier molecular flexibility index (Phi) is 6.19. The Hall–Kier alpha value is -3.32. The lowest BCUT2D eigenvalue weighted by atomic mass is 10.0. The topological polar surface area (TPSA) is 84.6 Å². The molecule has 7 heteroatoms. The highest BCUT2D eigenvalue weighted by molar-refractivity contribution is 9.10. The molecule has 0 aliphatic carbocycles. The summed E-state index contributed by atoms with van der Waals surface area (Å²) in [6.45, 7) is 6.09. The zero-order valence-electron chi connectivity index (χ0n) is 18.0. The van der Waals surface area contributed by atoms with E-state index in [1.54, 1.807) is 36.4 Å². The van der Waals surface area contributed by atoms with Crippen LogP contribution in [0, 0.1) is 6.92 Å². The number of halogens is 1. The van der Waals surface area contributed by atoms with E-state index in [9.17, 15) is 9.90 Å². The van der Waals surface area contributed by atoms with Crippen LogP contribution >= 0.6 is 15.9 Å². The van der Waals surface area contributed by atoms with Crippen molar-refractivity contribution in [2.24, 2.45) is 0 Å². The van der Waals surface area contributed by atoms with Gasteiger partial charge in [0.1, 0.15) is 17.0 Å². The van der Waals surface area contributed by atoms with Gasteiger partial charge in [0.15, 0.2) is 12.2 Å². The van der Waals surface area contributed by atoms with Gasteiger partial charge in [-0.15, -0.1) is 0 Å². The van der Waals surface area contributed by atoms with Crippen molar-refractivity contribution in [3.63, 3.8) is 0 Å². The van der Waals surface area contributed by atoms with E-state index in [0.29, 0.717) is 33.1 Å². The molecule has 6 nitrogen and oxygen atoms in total. The van der Waals surface area contributed by atoms with Gasteiger partial charge in [0.2, 0.25) is 5.89 Å². The van der Waals surface area contributed by atoms with E-state index in [0.717, 1.165) is 22.4 Å². The monoisotopic (exact) mass is 494 g/mol. The van der Waals surface area contributed by atoms with Crippen molar-refractivity contribution in [2.45, 2.75) is 26.7 Å². The molecule has 0 saturated heterocycles. The van der Waals surface area contributed by atoms with E-state index in [4.69, 9.17) is 9.15 Å². The third-order valence-corrected chi connectivity index (χ3v) is 5.65. The fraction of sp³-hybridized carbons (Fsp3) is 0.200. The predicted octanol–water partition coefficient (Wildman–Crippen LogP) is 6.41. The molecule has 3 aromatic carbocycles. The number of amides is 1. The number of phenolic OH excluding ortho intramolecular Hbond substituents is 1. The summed E-state index contributed by atoms with van der Waals surface area (Å²) in [6.07, 6.45) is 0. The van der Waals surface area contributed by atoms with Crippen LogP contribution in [0.5, 0.6) is 11.5 Å². The Morgan fingerprint density at radius 1 is 1.16 bits per heavy atom. The Balaban J connectivity index is 1.47. The van der Waals surface area contributed by atoms with Gasteiger partial charge in [-0.3, -0.25) is 4.79 Å². The summed E-state index contributed by atoms with van der Waals surface area (Å²) in [6, 6.07) is 16.3. The summed E-state index contributed by atoms with van der Waals surface area (Å²) < 4.78 is 12.2. The minimum Gasteiger partial charge on any atom is -0.507 e. The molecule has 2 N–H and O–H groups in total. The number of nitrogens with zero attached hydrogens (tertiary/aromatic N) is 1. The highest BCUT2D eigenvalue weighted by atomic mass is 79.9. The van der Waals surface area contributed by atoms with Gasteiger partial charge < -0.3 is 19.6 Å². The number of hydrogen-bond acceptors (Lipinski definition) is 5. The number of aromatic hydroxyl groups is 1. The van der Waals surface area contributed by atoms with Crippen molar-refractivity contribution in [3.05, 3.63) is 70.2 Å². The first-order chi connectivity index (χ1) is 15.3. The van der Waals surface area contributed by atoms with Gasteiger partial charge in [-0.05, 0) is 82.4 Å². The number of ether oxygens (including phenoxy) is 1. The molecule has 1 aromatic heterocycles. The molecule has 0 atom stereocenters. The Morgan fingerprint density at radius 2 is 1.97 bits per heavy atom. The number of carbonyl (C=O) groups is 1. The van der Waals surface area contributed by atoms with Gasteiger partial charge in [-0.1, -0.05) is 26.0 Å². The molecular weight excluding hydrogens is 472 g/mol. The number of oxazole rings is 1. The Bertz CT molecular complexity index is 1300. The van der Waals surface area contributed by atoms with Crippen LogP contribution < -0.4 is 10.1 Å². The van der Waals surface area contributed by atoms with Gasteiger partial charge in [0.05, 0.1) is 4.47 Å². The standard InChI is InChI=1S/C25H23BrN2O4/c1-14(2)18-7-4-15(3)10-23(18)31-13-24(30)27-17-6-9-22-20(12-17)28-25(32-22)16-5-8-21(29)19(26)11-16/h4-12,14,29H,13H2,1-3H3,(H,27,30). The van der Waals surface area contributed by atoms with Crippen molar-refractivity contribution < 1.29 is 19.1 Å². The van der Waals surface area contributed by atoms with Crippen molar-refractivity contribution in [1.82, 2.24) is 4.98 Å².